The van der Waals surface area contributed by atoms with Gasteiger partial charge in [0.1, 0.15) is 0 Å². The van der Waals surface area contributed by atoms with Crippen LogP contribution in [0.3, 0.4) is 0 Å². The fraction of sp³-hybridized carbons (Fsp3) is 0.600. The maximum Gasteiger partial charge on any atom is 0.239 e. The van der Waals surface area contributed by atoms with Crippen molar-refractivity contribution in [1.82, 2.24) is 14.8 Å². The lowest BCUT2D eigenvalue weighted by Crippen LogP contribution is -2.54. The molecule has 2 rings (SSSR count). The molecule has 1 fully saturated rings. The second-order valence-electron chi connectivity index (χ2n) is 5.73. The van der Waals surface area contributed by atoms with Gasteiger partial charge in [-0.2, -0.15) is 0 Å². The Morgan fingerprint density at radius 3 is 2.40 bits per heavy atom. The summed E-state index contributed by atoms with van der Waals surface area (Å²) in [6.07, 6.45) is 3.63. The van der Waals surface area contributed by atoms with Gasteiger partial charge < -0.3 is 10.6 Å². The minimum Gasteiger partial charge on any atom is -0.339 e. The highest BCUT2D eigenvalue weighted by molar-refractivity contribution is 5.82. The van der Waals surface area contributed by atoms with Gasteiger partial charge in [-0.1, -0.05) is 13.8 Å². The summed E-state index contributed by atoms with van der Waals surface area (Å²) in [5.41, 5.74) is 7.20. The van der Waals surface area contributed by atoms with Crippen molar-refractivity contribution in [2.45, 2.75) is 26.4 Å². The average Bonchev–Trinajstić information content (AvgIpc) is 2.47. The molecule has 110 valence electrons. The van der Waals surface area contributed by atoms with Crippen LogP contribution >= 0.6 is 0 Å². The Kier molecular flexibility index (Phi) is 5.09. The Hall–Kier alpha value is -1.46. The van der Waals surface area contributed by atoms with E-state index in [2.05, 4.69) is 9.88 Å². The Labute approximate surface area is 120 Å². The topological polar surface area (TPSA) is 62.5 Å². The summed E-state index contributed by atoms with van der Waals surface area (Å²) < 4.78 is 0. The molecule has 0 aromatic carbocycles. The summed E-state index contributed by atoms with van der Waals surface area (Å²) in [6.45, 7) is 8.23. The van der Waals surface area contributed by atoms with Crippen molar-refractivity contribution >= 4 is 5.91 Å². The molecule has 1 aromatic heterocycles. The van der Waals surface area contributed by atoms with Gasteiger partial charge in [0.25, 0.3) is 0 Å². The van der Waals surface area contributed by atoms with Crippen LogP contribution in [0, 0.1) is 5.92 Å². The van der Waals surface area contributed by atoms with Crippen LogP contribution < -0.4 is 5.73 Å². The second kappa shape index (κ2) is 6.81. The van der Waals surface area contributed by atoms with Crippen molar-refractivity contribution in [3.05, 3.63) is 30.1 Å². The number of amides is 1. The summed E-state index contributed by atoms with van der Waals surface area (Å²) in [5.74, 6) is 0.279. The minimum absolute atomic E-state index is 0.0866. The molecule has 2 N–H and O–H groups in total. The van der Waals surface area contributed by atoms with E-state index in [0.717, 1.165) is 32.7 Å². The molecule has 1 aromatic rings. The SMILES string of the molecule is CC(C)[C@H](N)C(=O)N1CCN(Cc2ccncc2)CC1. The lowest BCUT2D eigenvalue weighted by Gasteiger charge is -2.36. The summed E-state index contributed by atoms with van der Waals surface area (Å²) >= 11 is 0. The predicted octanol–water partition coefficient (Wildman–Crippen LogP) is 0.709. The number of nitrogens with zero attached hydrogens (tertiary/aromatic N) is 3. The number of piperazine rings is 1. The molecule has 1 aliphatic rings. The first kappa shape index (κ1) is 14.9. The van der Waals surface area contributed by atoms with Crippen LogP contribution in [-0.4, -0.2) is 52.9 Å². The number of rotatable bonds is 4. The fourth-order valence-electron chi connectivity index (χ4n) is 2.37. The quantitative estimate of drug-likeness (QED) is 0.880. The van der Waals surface area contributed by atoms with Gasteiger partial charge in [0.05, 0.1) is 6.04 Å². The van der Waals surface area contributed by atoms with Crippen molar-refractivity contribution in [2.75, 3.05) is 26.2 Å². The Bertz CT molecular complexity index is 427. The van der Waals surface area contributed by atoms with E-state index in [9.17, 15) is 4.79 Å². The third-order valence-corrected chi connectivity index (χ3v) is 3.84. The van der Waals surface area contributed by atoms with E-state index in [-0.39, 0.29) is 17.9 Å². The van der Waals surface area contributed by atoms with Crippen LogP contribution in [0.1, 0.15) is 19.4 Å². The van der Waals surface area contributed by atoms with Crippen LogP contribution in [0.5, 0.6) is 0 Å². The third kappa shape index (κ3) is 3.77. The van der Waals surface area contributed by atoms with Gasteiger partial charge in [0.2, 0.25) is 5.91 Å². The second-order valence-corrected chi connectivity index (χ2v) is 5.73. The van der Waals surface area contributed by atoms with Gasteiger partial charge in [-0.3, -0.25) is 14.7 Å². The predicted molar refractivity (Wildman–Crippen MR) is 78.9 cm³/mol. The molecule has 1 saturated heterocycles. The molecule has 0 bridgehead atoms. The summed E-state index contributed by atoms with van der Waals surface area (Å²) in [6, 6.07) is 3.69. The molecule has 2 heterocycles. The normalized spacial score (nSPS) is 18.3. The molecule has 1 amide bonds. The van der Waals surface area contributed by atoms with E-state index in [1.807, 2.05) is 43.3 Å². The maximum atomic E-state index is 12.2. The van der Waals surface area contributed by atoms with Gasteiger partial charge >= 0.3 is 0 Å². The number of carbonyl (C=O) groups excluding carboxylic acids is 1. The molecule has 0 aliphatic carbocycles. The van der Waals surface area contributed by atoms with Crippen LogP contribution in [0.4, 0.5) is 0 Å². The van der Waals surface area contributed by atoms with Gasteiger partial charge in [-0.15, -0.1) is 0 Å². The first-order chi connectivity index (χ1) is 9.58. The van der Waals surface area contributed by atoms with Crippen LogP contribution in [0.2, 0.25) is 0 Å². The smallest absolute Gasteiger partial charge is 0.239 e. The first-order valence-corrected chi connectivity index (χ1v) is 7.23. The zero-order valence-electron chi connectivity index (χ0n) is 12.3. The molecule has 0 spiro atoms. The Morgan fingerprint density at radius 2 is 1.85 bits per heavy atom. The van der Waals surface area contributed by atoms with Crippen LogP contribution in [0.25, 0.3) is 0 Å². The third-order valence-electron chi connectivity index (χ3n) is 3.84. The molecule has 1 aliphatic heterocycles. The Balaban J connectivity index is 1.82. The number of nitrogens with two attached hydrogens (primary N) is 1. The number of hydrogen-bond donors (Lipinski definition) is 1. The first-order valence-electron chi connectivity index (χ1n) is 7.23. The Morgan fingerprint density at radius 1 is 1.25 bits per heavy atom. The van der Waals surface area contributed by atoms with Gasteiger partial charge in [0.15, 0.2) is 0 Å². The van der Waals surface area contributed by atoms with E-state index in [1.165, 1.54) is 5.56 Å². The highest BCUT2D eigenvalue weighted by Crippen LogP contribution is 2.10. The van der Waals surface area contributed by atoms with E-state index >= 15 is 0 Å². The lowest BCUT2D eigenvalue weighted by atomic mass is 10.0. The molecule has 5 heteroatoms. The van der Waals surface area contributed by atoms with Crippen molar-refractivity contribution in [1.29, 1.82) is 0 Å². The monoisotopic (exact) mass is 276 g/mol. The van der Waals surface area contributed by atoms with E-state index in [1.54, 1.807) is 0 Å². The molecule has 20 heavy (non-hydrogen) atoms. The number of aromatic nitrogens is 1. The van der Waals surface area contributed by atoms with Gasteiger partial charge in [0, 0.05) is 45.1 Å². The molecular weight excluding hydrogens is 252 g/mol. The van der Waals surface area contributed by atoms with Gasteiger partial charge in [-0.25, -0.2) is 0 Å². The lowest BCUT2D eigenvalue weighted by molar-refractivity contribution is -0.135. The van der Waals surface area contributed by atoms with E-state index in [0.29, 0.717) is 0 Å². The van der Waals surface area contributed by atoms with Crippen molar-refractivity contribution in [2.24, 2.45) is 11.7 Å². The summed E-state index contributed by atoms with van der Waals surface area (Å²) in [4.78, 5) is 20.5. The number of hydrogen-bond acceptors (Lipinski definition) is 4. The summed E-state index contributed by atoms with van der Waals surface area (Å²) in [7, 11) is 0. The average molecular weight is 276 g/mol. The minimum atomic E-state index is -0.373. The molecule has 0 unspecified atom stereocenters. The van der Waals surface area contributed by atoms with Gasteiger partial charge in [-0.05, 0) is 23.6 Å². The maximum absolute atomic E-state index is 12.2. The van der Waals surface area contributed by atoms with Crippen LogP contribution in [0.15, 0.2) is 24.5 Å². The highest BCUT2D eigenvalue weighted by Gasteiger charge is 2.26. The van der Waals surface area contributed by atoms with E-state index in [4.69, 9.17) is 5.73 Å². The van der Waals surface area contributed by atoms with Crippen molar-refractivity contribution in [3.63, 3.8) is 0 Å². The highest BCUT2D eigenvalue weighted by atomic mass is 16.2. The molecular formula is C15H24N4O. The molecule has 0 radical (unpaired) electrons. The van der Waals surface area contributed by atoms with E-state index < -0.39 is 0 Å². The standard InChI is InChI=1S/C15H24N4O/c1-12(2)14(16)15(20)19-9-7-18(8-10-19)11-13-3-5-17-6-4-13/h3-6,12,14H,7-11,16H2,1-2H3/t14-/m0/s1. The molecule has 0 saturated carbocycles. The molecule has 1 atom stereocenters. The number of carbonyl (C=O) groups is 1. The zero-order valence-corrected chi connectivity index (χ0v) is 12.3. The zero-order chi connectivity index (χ0) is 14.5. The molecule has 5 nitrogen and oxygen atoms in total. The largest absolute Gasteiger partial charge is 0.339 e. The van der Waals surface area contributed by atoms with Crippen LogP contribution in [-0.2, 0) is 11.3 Å². The summed E-state index contributed by atoms with van der Waals surface area (Å²) in [5, 5.41) is 0. The fourth-order valence-corrected chi connectivity index (χ4v) is 2.37. The van der Waals surface area contributed by atoms with Crippen molar-refractivity contribution in [3.8, 4) is 0 Å². The number of pyridine rings is 1. The van der Waals surface area contributed by atoms with Crippen molar-refractivity contribution < 1.29 is 4.79 Å².